The third kappa shape index (κ3) is 5.75. The molecule has 132 valence electrons. The van der Waals surface area contributed by atoms with Crippen LogP contribution >= 0.6 is 11.8 Å². The van der Waals surface area contributed by atoms with Gasteiger partial charge in [-0.2, -0.15) is 5.10 Å². The first-order chi connectivity index (χ1) is 12.0. The van der Waals surface area contributed by atoms with Crippen molar-refractivity contribution in [2.75, 3.05) is 20.0 Å². The zero-order chi connectivity index (χ0) is 18.2. The molecule has 1 N–H and O–H groups in total. The minimum Gasteiger partial charge on any atom is -0.493 e. The molecule has 8 heteroatoms. The van der Waals surface area contributed by atoms with E-state index in [0.717, 1.165) is 17.0 Å². The van der Waals surface area contributed by atoms with Gasteiger partial charge in [0, 0.05) is 11.4 Å². The number of ether oxygens (including phenoxy) is 2. The van der Waals surface area contributed by atoms with E-state index >= 15 is 0 Å². The highest BCUT2D eigenvalue weighted by atomic mass is 32.2. The Hall–Kier alpha value is -2.61. The summed E-state index contributed by atoms with van der Waals surface area (Å²) in [6, 6.07) is 7.24. The summed E-state index contributed by atoms with van der Waals surface area (Å²) in [6.45, 7) is 3.79. The summed E-state index contributed by atoms with van der Waals surface area (Å²) in [5.74, 6) is 1.19. The SMILES string of the molecule is COc1ccc(C=NNC(=O)CSc2nc(C)cc(C)n2)cc1OC. The Labute approximate surface area is 150 Å². The molecule has 1 amide bonds. The van der Waals surface area contributed by atoms with Crippen molar-refractivity contribution in [2.45, 2.75) is 19.0 Å². The van der Waals surface area contributed by atoms with Gasteiger partial charge in [-0.3, -0.25) is 4.79 Å². The van der Waals surface area contributed by atoms with Crippen LogP contribution in [0.1, 0.15) is 17.0 Å². The van der Waals surface area contributed by atoms with E-state index in [1.807, 2.05) is 26.0 Å². The van der Waals surface area contributed by atoms with E-state index in [9.17, 15) is 4.79 Å². The lowest BCUT2D eigenvalue weighted by molar-refractivity contribution is -0.118. The summed E-state index contributed by atoms with van der Waals surface area (Å²) in [4.78, 5) is 20.4. The van der Waals surface area contributed by atoms with E-state index in [1.165, 1.54) is 18.0 Å². The van der Waals surface area contributed by atoms with Crippen molar-refractivity contribution in [3.05, 3.63) is 41.2 Å². The molecule has 0 radical (unpaired) electrons. The van der Waals surface area contributed by atoms with Gasteiger partial charge in [0.2, 0.25) is 0 Å². The number of aryl methyl sites for hydroxylation is 2. The van der Waals surface area contributed by atoms with Crippen molar-refractivity contribution in [3.8, 4) is 11.5 Å². The highest BCUT2D eigenvalue weighted by Gasteiger charge is 2.06. The average Bonchev–Trinajstić information content (AvgIpc) is 2.59. The second kappa shape index (κ2) is 9.03. The molecule has 7 nitrogen and oxygen atoms in total. The van der Waals surface area contributed by atoms with E-state index in [0.29, 0.717) is 16.7 Å². The van der Waals surface area contributed by atoms with Crippen molar-refractivity contribution in [1.82, 2.24) is 15.4 Å². The molecule has 25 heavy (non-hydrogen) atoms. The Bertz CT molecular complexity index is 760. The summed E-state index contributed by atoms with van der Waals surface area (Å²) >= 11 is 1.27. The Balaban J connectivity index is 1.88. The van der Waals surface area contributed by atoms with Gasteiger partial charge in [0.1, 0.15) is 0 Å². The Morgan fingerprint density at radius 1 is 1.16 bits per heavy atom. The van der Waals surface area contributed by atoms with Crippen molar-refractivity contribution < 1.29 is 14.3 Å². The zero-order valence-electron chi connectivity index (χ0n) is 14.6. The second-order valence-corrected chi connectivity index (χ2v) is 6.07. The molecule has 0 spiro atoms. The van der Waals surface area contributed by atoms with Gasteiger partial charge in [0.15, 0.2) is 16.7 Å². The molecule has 0 atom stereocenters. The molecule has 0 aliphatic carbocycles. The summed E-state index contributed by atoms with van der Waals surface area (Å²) in [6.07, 6.45) is 1.54. The van der Waals surface area contributed by atoms with Crippen LogP contribution in [0.25, 0.3) is 0 Å². The number of thioether (sulfide) groups is 1. The topological polar surface area (TPSA) is 85.7 Å². The number of hydrazone groups is 1. The maximum Gasteiger partial charge on any atom is 0.250 e. The smallest absolute Gasteiger partial charge is 0.250 e. The van der Waals surface area contributed by atoms with Gasteiger partial charge < -0.3 is 9.47 Å². The molecular weight excluding hydrogens is 340 g/mol. The predicted molar refractivity (Wildman–Crippen MR) is 97.5 cm³/mol. The Morgan fingerprint density at radius 3 is 2.48 bits per heavy atom. The number of methoxy groups -OCH3 is 2. The molecule has 2 aromatic rings. The number of carbonyl (C=O) groups excluding carboxylic acids is 1. The lowest BCUT2D eigenvalue weighted by Gasteiger charge is -2.07. The van der Waals surface area contributed by atoms with Crippen LogP contribution in [-0.4, -0.2) is 42.1 Å². The largest absolute Gasteiger partial charge is 0.493 e. The van der Waals surface area contributed by atoms with Crippen molar-refractivity contribution >= 4 is 23.9 Å². The Kier molecular flexibility index (Phi) is 6.76. The van der Waals surface area contributed by atoms with E-state index in [1.54, 1.807) is 26.4 Å². The number of hydrogen-bond acceptors (Lipinski definition) is 7. The van der Waals surface area contributed by atoms with Gasteiger partial charge in [-0.1, -0.05) is 11.8 Å². The van der Waals surface area contributed by atoms with Crippen LogP contribution < -0.4 is 14.9 Å². The molecule has 0 bridgehead atoms. The normalized spacial score (nSPS) is 10.7. The minimum atomic E-state index is -0.232. The standard InChI is InChI=1S/C17H20N4O3S/c1-11-7-12(2)20-17(19-11)25-10-16(22)21-18-9-13-5-6-14(23-3)15(8-13)24-4/h5-9H,10H2,1-4H3,(H,21,22). The summed E-state index contributed by atoms with van der Waals surface area (Å²) in [5.41, 5.74) is 5.01. The molecule has 0 saturated carbocycles. The van der Waals surface area contributed by atoms with Crippen LogP contribution in [0, 0.1) is 13.8 Å². The fourth-order valence-corrected chi connectivity index (χ4v) is 2.77. The molecule has 0 saturated heterocycles. The van der Waals surface area contributed by atoms with Gasteiger partial charge in [-0.15, -0.1) is 0 Å². The first kappa shape index (κ1) is 18.7. The third-order valence-electron chi connectivity index (χ3n) is 3.10. The molecule has 0 unspecified atom stereocenters. The fourth-order valence-electron chi connectivity index (χ4n) is 2.03. The maximum atomic E-state index is 11.9. The molecule has 1 aromatic carbocycles. The van der Waals surface area contributed by atoms with Crippen LogP contribution in [0.2, 0.25) is 0 Å². The minimum absolute atomic E-state index is 0.187. The zero-order valence-corrected chi connectivity index (χ0v) is 15.4. The number of amides is 1. The number of carbonyl (C=O) groups is 1. The van der Waals surface area contributed by atoms with Crippen LogP contribution in [0.4, 0.5) is 0 Å². The van der Waals surface area contributed by atoms with E-state index < -0.39 is 0 Å². The van der Waals surface area contributed by atoms with Crippen molar-refractivity contribution in [1.29, 1.82) is 0 Å². The predicted octanol–water partition coefficient (Wildman–Crippen LogP) is 2.35. The average molecular weight is 360 g/mol. The van der Waals surface area contributed by atoms with Crippen LogP contribution in [-0.2, 0) is 4.79 Å². The molecule has 2 rings (SSSR count). The number of nitrogens with one attached hydrogen (secondary N) is 1. The van der Waals surface area contributed by atoms with Crippen molar-refractivity contribution in [3.63, 3.8) is 0 Å². The summed E-state index contributed by atoms with van der Waals surface area (Å²) in [7, 11) is 3.13. The van der Waals surface area contributed by atoms with E-state index in [4.69, 9.17) is 9.47 Å². The summed E-state index contributed by atoms with van der Waals surface area (Å²) in [5, 5.41) is 4.52. The first-order valence-electron chi connectivity index (χ1n) is 7.51. The van der Waals surface area contributed by atoms with Gasteiger partial charge >= 0.3 is 0 Å². The highest BCUT2D eigenvalue weighted by Crippen LogP contribution is 2.26. The highest BCUT2D eigenvalue weighted by molar-refractivity contribution is 7.99. The Morgan fingerprint density at radius 2 is 1.84 bits per heavy atom. The van der Waals surface area contributed by atoms with Crippen LogP contribution in [0.15, 0.2) is 34.5 Å². The molecule has 0 aliphatic rings. The molecule has 1 aromatic heterocycles. The number of aromatic nitrogens is 2. The lowest BCUT2D eigenvalue weighted by atomic mass is 10.2. The van der Waals surface area contributed by atoms with Crippen LogP contribution in [0.5, 0.6) is 11.5 Å². The van der Waals surface area contributed by atoms with Gasteiger partial charge in [-0.05, 0) is 43.7 Å². The fraction of sp³-hybridized carbons (Fsp3) is 0.294. The number of rotatable bonds is 7. The van der Waals surface area contributed by atoms with Gasteiger partial charge in [0.25, 0.3) is 5.91 Å². The first-order valence-corrected chi connectivity index (χ1v) is 8.49. The number of benzene rings is 1. The molecular formula is C17H20N4O3S. The van der Waals surface area contributed by atoms with Gasteiger partial charge in [0.05, 0.1) is 26.2 Å². The van der Waals surface area contributed by atoms with Crippen LogP contribution in [0.3, 0.4) is 0 Å². The lowest BCUT2D eigenvalue weighted by Crippen LogP contribution is -2.19. The quantitative estimate of drug-likeness (QED) is 0.353. The second-order valence-electron chi connectivity index (χ2n) is 5.13. The molecule has 0 fully saturated rings. The monoisotopic (exact) mass is 360 g/mol. The summed E-state index contributed by atoms with van der Waals surface area (Å²) < 4.78 is 10.4. The van der Waals surface area contributed by atoms with E-state index in [2.05, 4.69) is 20.5 Å². The number of nitrogens with zero attached hydrogens (tertiary/aromatic N) is 3. The van der Waals surface area contributed by atoms with E-state index in [-0.39, 0.29) is 11.7 Å². The maximum absolute atomic E-state index is 11.9. The van der Waals surface area contributed by atoms with Gasteiger partial charge in [-0.25, -0.2) is 15.4 Å². The molecule has 0 aliphatic heterocycles. The van der Waals surface area contributed by atoms with Crippen molar-refractivity contribution in [2.24, 2.45) is 5.10 Å². The third-order valence-corrected chi connectivity index (χ3v) is 3.95. The molecule has 1 heterocycles. The number of hydrogen-bond donors (Lipinski definition) is 1.